The zero-order valence-corrected chi connectivity index (χ0v) is 23.1. The van der Waals surface area contributed by atoms with Gasteiger partial charge in [-0.1, -0.05) is 13.5 Å². The van der Waals surface area contributed by atoms with Crippen LogP contribution in [0.15, 0.2) is 48.7 Å². The molecule has 3 aromatic rings. The number of rotatable bonds is 7. The third-order valence-corrected chi connectivity index (χ3v) is 9.43. The van der Waals surface area contributed by atoms with Gasteiger partial charge in [-0.15, -0.1) is 0 Å². The van der Waals surface area contributed by atoms with Crippen LogP contribution < -0.4 is 0 Å². The highest BCUT2D eigenvalue weighted by Crippen LogP contribution is 2.41. The first kappa shape index (κ1) is 31.2. The molecule has 2 aliphatic rings. The monoisotopic (exact) mass is 604 g/mol. The van der Waals surface area contributed by atoms with Crippen molar-refractivity contribution in [2.45, 2.75) is 70.6 Å². The number of halogens is 4. The molecule has 1 amide bonds. The van der Waals surface area contributed by atoms with Crippen molar-refractivity contribution in [3.63, 3.8) is 0 Å². The molecular weight excluding hydrogens is 572 g/mol. The van der Waals surface area contributed by atoms with Crippen molar-refractivity contribution >= 4 is 15.7 Å². The fourth-order valence-electron chi connectivity index (χ4n) is 5.37. The number of carbonyl (C=O) groups is 1. The quantitative estimate of drug-likeness (QED) is 0.303. The molecule has 1 aromatic heterocycles. The van der Waals surface area contributed by atoms with Crippen LogP contribution in [0.25, 0.3) is 5.69 Å². The topological polar surface area (TPSA) is 96.1 Å². The predicted octanol–water partition coefficient (Wildman–Crippen LogP) is 6.12. The molecule has 7 nitrogen and oxygen atoms in total. The Morgan fingerprint density at radius 3 is 2.33 bits per heavy atom. The lowest BCUT2D eigenvalue weighted by Crippen LogP contribution is -2.47. The number of carbonyl (C=O) groups excluding carboxylic acids is 1. The minimum atomic E-state index is -4.92. The van der Waals surface area contributed by atoms with E-state index in [0.717, 1.165) is 30.3 Å². The molecular formula is C30H32F4N4O3S. The lowest BCUT2D eigenvalue weighted by atomic mass is 10.0. The van der Waals surface area contributed by atoms with E-state index in [1.807, 2.05) is 10.8 Å². The van der Waals surface area contributed by atoms with E-state index in [-0.39, 0.29) is 43.3 Å². The molecule has 2 heterocycles. The molecule has 42 heavy (non-hydrogen) atoms. The molecule has 0 spiro atoms. The summed E-state index contributed by atoms with van der Waals surface area (Å²) in [6.45, 7) is 1.77. The second-order valence-electron chi connectivity index (χ2n) is 10.7. The molecule has 1 saturated carbocycles. The normalized spacial score (nSPS) is 17.6. The Balaban J connectivity index is 0.00000405. The Morgan fingerprint density at radius 1 is 1.12 bits per heavy atom. The first-order valence-electron chi connectivity index (χ1n) is 13.3. The lowest BCUT2D eigenvalue weighted by Gasteiger charge is -2.38. The molecule has 0 unspecified atom stereocenters. The van der Waals surface area contributed by atoms with E-state index in [2.05, 4.69) is 6.07 Å². The van der Waals surface area contributed by atoms with Crippen molar-refractivity contribution < 1.29 is 30.8 Å². The standard InChI is InChI=1S/C29H28F4N4O3S.CH4/c1-18(28-35-26(21-5-6-21)17-36(28)22-7-2-19(16-34)3-8-22)37(23-10-12-41(39,40)13-11-23)27(38)15-20-4-9-25(30)24(14-20)29(31,32)33;/h2-4,7-9,14,17-18,21,23H,5-6,10-13,15H2,1H3;1H4/t18-;/m1./s1. The van der Waals surface area contributed by atoms with Crippen LogP contribution in [0, 0.1) is 17.1 Å². The van der Waals surface area contributed by atoms with Crippen molar-refractivity contribution in [2.75, 3.05) is 11.5 Å². The molecule has 1 saturated heterocycles. The fourth-order valence-corrected chi connectivity index (χ4v) is 6.84. The second-order valence-corrected chi connectivity index (χ2v) is 13.0. The first-order chi connectivity index (χ1) is 19.4. The van der Waals surface area contributed by atoms with Crippen molar-refractivity contribution in [3.8, 4) is 11.8 Å². The van der Waals surface area contributed by atoms with Gasteiger partial charge in [0.1, 0.15) is 21.5 Å². The molecule has 2 aromatic carbocycles. The van der Waals surface area contributed by atoms with Crippen LogP contribution in [-0.4, -0.2) is 46.3 Å². The number of alkyl halides is 3. The number of sulfone groups is 1. The van der Waals surface area contributed by atoms with E-state index in [1.54, 1.807) is 31.2 Å². The van der Waals surface area contributed by atoms with Gasteiger partial charge in [0, 0.05) is 23.8 Å². The maximum absolute atomic E-state index is 13.9. The summed E-state index contributed by atoms with van der Waals surface area (Å²) in [4.78, 5) is 20.2. The Morgan fingerprint density at radius 2 is 1.76 bits per heavy atom. The molecule has 1 aliphatic carbocycles. The highest BCUT2D eigenvalue weighted by Gasteiger charge is 2.38. The van der Waals surface area contributed by atoms with Crippen LogP contribution in [0.2, 0.25) is 0 Å². The van der Waals surface area contributed by atoms with Gasteiger partial charge in [-0.25, -0.2) is 17.8 Å². The van der Waals surface area contributed by atoms with Gasteiger partial charge in [-0.2, -0.15) is 18.4 Å². The minimum Gasteiger partial charge on any atom is -0.329 e. The van der Waals surface area contributed by atoms with Crippen LogP contribution in [-0.2, 0) is 27.2 Å². The number of hydrogen-bond donors (Lipinski definition) is 0. The van der Waals surface area contributed by atoms with Gasteiger partial charge in [0.25, 0.3) is 0 Å². The van der Waals surface area contributed by atoms with Crippen molar-refractivity contribution in [2.24, 2.45) is 0 Å². The molecule has 12 heteroatoms. The number of hydrogen-bond acceptors (Lipinski definition) is 5. The smallest absolute Gasteiger partial charge is 0.329 e. The summed E-state index contributed by atoms with van der Waals surface area (Å²) >= 11 is 0. The number of nitriles is 1. The number of imidazole rings is 1. The average Bonchev–Trinajstić information content (AvgIpc) is 3.68. The number of amides is 1. The fraction of sp³-hybridized carbons (Fsp3) is 0.433. The van der Waals surface area contributed by atoms with Gasteiger partial charge in [0.2, 0.25) is 5.91 Å². The largest absolute Gasteiger partial charge is 0.419 e. The summed E-state index contributed by atoms with van der Waals surface area (Å²) in [7, 11) is -3.26. The maximum Gasteiger partial charge on any atom is 0.419 e. The molecule has 2 fully saturated rings. The third kappa shape index (κ3) is 6.67. The van der Waals surface area contributed by atoms with Crippen LogP contribution in [0.5, 0.6) is 0 Å². The van der Waals surface area contributed by atoms with Gasteiger partial charge >= 0.3 is 6.18 Å². The second kappa shape index (κ2) is 11.9. The van der Waals surface area contributed by atoms with Gasteiger partial charge in [-0.05, 0) is 74.6 Å². The molecule has 5 rings (SSSR count). The zero-order chi connectivity index (χ0) is 29.5. The maximum atomic E-state index is 13.9. The molecule has 0 radical (unpaired) electrons. The van der Waals surface area contributed by atoms with E-state index < -0.39 is 51.8 Å². The highest BCUT2D eigenvalue weighted by molar-refractivity contribution is 7.91. The summed E-state index contributed by atoms with van der Waals surface area (Å²) < 4.78 is 80.1. The summed E-state index contributed by atoms with van der Waals surface area (Å²) in [5, 5.41) is 9.20. The van der Waals surface area contributed by atoms with E-state index in [4.69, 9.17) is 4.98 Å². The lowest BCUT2D eigenvalue weighted by molar-refractivity contribution is -0.140. The third-order valence-electron chi connectivity index (χ3n) is 7.71. The summed E-state index contributed by atoms with van der Waals surface area (Å²) in [6, 6.07) is 10.3. The zero-order valence-electron chi connectivity index (χ0n) is 22.2. The van der Waals surface area contributed by atoms with E-state index >= 15 is 0 Å². The Hall–Kier alpha value is -3.72. The van der Waals surface area contributed by atoms with E-state index in [0.29, 0.717) is 23.5 Å². The number of nitrogens with zero attached hydrogens (tertiary/aromatic N) is 4. The predicted molar refractivity (Wildman–Crippen MR) is 149 cm³/mol. The summed E-state index contributed by atoms with van der Waals surface area (Å²) in [6.07, 6.45) is -1.12. The van der Waals surface area contributed by atoms with Gasteiger partial charge in [0.05, 0.1) is 46.9 Å². The highest BCUT2D eigenvalue weighted by atomic mass is 32.2. The first-order valence-corrected chi connectivity index (χ1v) is 15.2. The van der Waals surface area contributed by atoms with E-state index in [9.17, 15) is 36.0 Å². The number of aromatic nitrogens is 2. The van der Waals surface area contributed by atoms with Gasteiger partial charge < -0.3 is 9.47 Å². The minimum absolute atomic E-state index is 0. The summed E-state index contributed by atoms with van der Waals surface area (Å²) in [5.41, 5.74) is 0.596. The summed E-state index contributed by atoms with van der Waals surface area (Å²) in [5.74, 6) is -1.35. The molecule has 0 N–H and O–H groups in total. The average molecular weight is 605 g/mol. The van der Waals surface area contributed by atoms with Crippen LogP contribution in [0.3, 0.4) is 0 Å². The van der Waals surface area contributed by atoms with Crippen molar-refractivity contribution in [1.29, 1.82) is 5.26 Å². The molecule has 1 atom stereocenters. The van der Waals surface area contributed by atoms with Gasteiger partial charge in [0.15, 0.2) is 0 Å². The van der Waals surface area contributed by atoms with Crippen molar-refractivity contribution in [1.82, 2.24) is 14.5 Å². The molecule has 1 aliphatic heterocycles. The Bertz CT molecular complexity index is 1590. The van der Waals surface area contributed by atoms with Gasteiger partial charge in [-0.3, -0.25) is 4.79 Å². The van der Waals surface area contributed by atoms with Crippen LogP contribution in [0.4, 0.5) is 17.6 Å². The van der Waals surface area contributed by atoms with E-state index in [1.165, 1.54) is 4.90 Å². The SMILES string of the molecule is C.C[C@H](c1nc(C2CC2)cn1-c1ccc(C#N)cc1)N(C(=O)Cc1ccc(F)c(C(F)(F)F)c1)C1CCS(=O)(=O)CC1. The molecule has 0 bridgehead atoms. The van der Waals surface area contributed by atoms with Crippen LogP contribution >= 0.6 is 0 Å². The van der Waals surface area contributed by atoms with Crippen molar-refractivity contribution in [3.05, 3.63) is 82.7 Å². The number of benzene rings is 2. The Kier molecular flexibility index (Phi) is 8.83. The Labute approximate surface area is 242 Å². The molecule has 224 valence electrons. The van der Waals surface area contributed by atoms with Crippen LogP contribution in [0.1, 0.15) is 80.2 Å².